The summed E-state index contributed by atoms with van der Waals surface area (Å²) in [6.07, 6.45) is 0.194. The predicted molar refractivity (Wildman–Crippen MR) is 53.7 cm³/mol. The number of esters is 1. The van der Waals surface area contributed by atoms with Gasteiger partial charge in [-0.25, -0.2) is 0 Å². The van der Waals surface area contributed by atoms with Crippen LogP contribution in [-0.2, 0) is 14.3 Å². The molecule has 0 aliphatic heterocycles. The van der Waals surface area contributed by atoms with Gasteiger partial charge >= 0.3 is 5.97 Å². The molecule has 0 radical (unpaired) electrons. The van der Waals surface area contributed by atoms with Crippen molar-refractivity contribution in [2.75, 3.05) is 6.61 Å². The Morgan fingerprint density at radius 3 is 2.21 bits per heavy atom. The molecule has 0 saturated carbocycles. The quantitative estimate of drug-likeness (QED) is 0.685. The smallest absolute Gasteiger partial charge is 0.311 e. The van der Waals surface area contributed by atoms with E-state index in [-0.39, 0.29) is 24.8 Å². The fourth-order valence-electron chi connectivity index (χ4n) is 0.688. The Morgan fingerprint density at radius 1 is 1.36 bits per heavy atom. The lowest BCUT2D eigenvalue weighted by Crippen LogP contribution is -2.29. The van der Waals surface area contributed by atoms with Crippen molar-refractivity contribution in [1.29, 1.82) is 0 Å². The van der Waals surface area contributed by atoms with Crippen LogP contribution in [0.4, 0.5) is 0 Å². The van der Waals surface area contributed by atoms with Gasteiger partial charge in [0.25, 0.3) is 0 Å². The number of nitrogens with two attached hydrogens (primary N) is 1. The highest BCUT2D eigenvalue weighted by molar-refractivity contribution is 5.83. The molecular formula is C10H19NO3. The Labute approximate surface area is 84.8 Å². The van der Waals surface area contributed by atoms with E-state index in [1.54, 1.807) is 27.7 Å². The first-order valence-electron chi connectivity index (χ1n) is 4.70. The number of rotatable bonds is 4. The second-order valence-electron chi connectivity index (χ2n) is 4.39. The predicted octanol–water partition coefficient (Wildman–Crippen LogP) is 0.882. The number of Topliss-reactive ketones (excluding diaryl/α,β-unsaturated/α-hetero) is 1. The Kier molecular flexibility index (Phi) is 4.77. The zero-order chi connectivity index (χ0) is 11.4. The van der Waals surface area contributed by atoms with E-state index >= 15 is 0 Å². The van der Waals surface area contributed by atoms with E-state index < -0.39 is 11.5 Å². The average molecular weight is 201 g/mol. The van der Waals surface area contributed by atoms with E-state index in [9.17, 15) is 9.59 Å². The minimum atomic E-state index is -0.516. The van der Waals surface area contributed by atoms with Gasteiger partial charge in [0, 0.05) is 6.42 Å². The van der Waals surface area contributed by atoms with Crippen molar-refractivity contribution in [3.8, 4) is 0 Å². The zero-order valence-corrected chi connectivity index (χ0v) is 9.29. The van der Waals surface area contributed by atoms with Gasteiger partial charge in [0.05, 0.1) is 18.1 Å². The molecule has 1 atom stereocenters. The van der Waals surface area contributed by atoms with E-state index in [1.165, 1.54) is 0 Å². The molecule has 0 aromatic heterocycles. The lowest BCUT2D eigenvalue weighted by Gasteiger charge is -2.16. The van der Waals surface area contributed by atoms with Crippen LogP contribution in [-0.4, -0.2) is 24.4 Å². The second kappa shape index (κ2) is 5.10. The number of carbonyl (C=O) groups is 2. The minimum Gasteiger partial charge on any atom is -0.465 e. The monoisotopic (exact) mass is 201 g/mol. The van der Waals surface area contributed by atoms with E-state index in [0.717, 1.165) is 0 Å². The van der Waals surface area contributed by atoms with Crippen molar-refractivity contribution in [3.05, 3.63) is 0 Å². The molecular weight excluding hydrogens is 182 g/mol. The summed E-state index contributed by atoms with van der Waals surface area (Å²) >= 11 is 0. The van der Waals surface area contributed by atoms with E-state index in [4.69, 9.17) is 10.5 Å². The van der Waals surface area contributed by atoms with Gasteiger partial charge in [0.1, 0.15) is 0 Å². The van der Waals surface area contributed by atoms with Gasteiger partial charge in [-0.15, -0.1) is 0 Å². The normalized spacial score (nSPS) is 13.5. The SMILES string of the molecule is CC(N)C(=O)CCOC(=O)C(C)(C)C. The lowest BCUT2D eigenvalue weighted by molar-refractivity contribution is -0.153. The highest BCUT2D eigenvalue weighted by atomic mass is 16.5. The lowest BCUT2D eigenvalue weighted by atomic mass is 9.97. The first-order valence-corrected chi connectivity index (χ1v) is 4.70. The first-order chi connectivity index (χ1) is 6.25. The summed E-state index contributed by atoms with van der Waals surface area (Å²) in [5.41, 5.74) is 4.83. The maximum atomic E-state index is 11.3. The maximum absolute atomic E-state index is 11.3. The second-order valence-corrected chi connectivity index (χ2v) is 4.39. The van der Waals surface area contributed by atoms with E-state index in [2.05, 4.69) is 0 Å². The molecule has 0 bridgehead atoms. The fourth-order valence-corrected chi connectivity index (χ4v) is 0.688. The van der Waals surface area contributed by atoms with Crippen molar-refractivity contribution < 1.29 is 14.3 Å². The topological polar surface area (TPSA) is 69.4 Å². The molecule has 0 heterocycles. The van der Waals surface area contributed by atoms with Gasteiger partial charge in [-0.2, -0.15) is 0 Å². The summed E-state index contributed by atoms with van der Waals surface area (Å²) in [6.45, 7) is 7.04. The molecule has 1 unspecified atom stereocenters. The van der Waals surface area contributed by atoms with Crippen LogP contribution < -0.4 is 5.73 Å². The van der Waals surface area contributed by atoms with Crippen molar-refractivity contribution in [1.82, 2.24) is 0 Å². The van der Waals surface area contributed by atoms with Crippen LogP contribution in [0.3, 0.4) is 0 Å². The number of hydrogen-bond donors (Lipinski definition) is 1. The van der Waals surface area contributed by atoms with Crippen molar-refractivity contribution in [2.24, 2.45) is 11.1 Å². The highest BCUT2D eigenvalue weighted by Gasteiger charge is 2.23. The van der Waals surface area contributed by atoms with Gasteiger partial charge in [-0.1, -0.05) is 0 Å². The molecule has 0 aromatic rings. The standard InChI is InChI=1S/C10H19NO3/c1-7(11)8(12)5-6-14-9(13)10(2,3)4/h7H,5-6,11H2,1-4H3. The summed E-state index contributed by atoms with van der Waals surface area (Å²) in [5, 5.41) is 0. The Bertz CT molecular complexity index is 216. The maximum Gasteiger partial charge on any atom is 0.311 e. The van der Waals surface area contributed by atoms with Gasteiger partial charge in [0.2, 0.25) is 0 Å². The Morgan fingerprint density at radius 2 is 1.86 bits per heavy atom. The fraction of sp³-hybridized carbons (Fsp3) is 0.800. The molecule has 0 spiro atoms. The average Bonchev–Trinajstić information content (AvgIpc) is 2.01. The zero-order valence-electron chi connectivity index (χ0n) is 9.29. The molecule has 0 aromatic carbocycles. The van der Waals surface area contributed by atoms with E-state index in [0.29, 0.717) is 0 Å². The highest BCUT2D eigenvalue weighted by Crippen LogP contribution is 2.15. The number of ketones is 1. The van der Waals surface area contributed by atoms with Crippen molar-refractivity contribution in [3.63, 3.8) is 0 Å². The Hall–Kier alpha value is -0.900. The van der Waals surface area contributed by atoms with Crippen LogP contribution in [0.2, 0.25) is 0 Å². The third-order valence-electron chi connectivity index (χ3n) is 1.70. The van der Waals surface area contributed by atoms with Gasteiger partial charge in [0.15, 0.2) is 5.78 Å². The van der Waals surface area contributed by atoms with Crippen LogP contribution >= 0.6 is 0 Å². The van der Waals surface area contributed by atoms with Crippen LogP contribution in [0.1, 0.15) is 34.1 Å². The molecule has 4 heteroatoms. The molecule has 0 aliphatic rings. The third kappa shape index (κ3) is 4.97. The molecule has 0 saturated heterocycles. The van der Waals surface area contributed by atoms with Crippen LogP contribution in [0.15, 0.2) is 0 Å². The van der Waals surface area contributed by atoms with Crippen LogP contribution in [0.25, 0.3) is 0 Å². The van der Waals surface area contributed by atoms with Crippen molar-refractivity contribution in [2.45, 2.75) is 40.2 Å². The Balaban J connectivity index is 3.76. The number of ether oxygens (including phenoxy) is 1. The summed E-state index contributed by atoms with van der Waals surface area (Å²) in [5.74, 6) is -0.387. The summed E-state index contributed by atoms with van der Waals surface area (Å²) in [6, 6.07) is -0.483. The summed E-state index contributed by atoms with van der Waals surface area (Å²) < 4.78 is 4.91. The molecule has 0 fully saturated rings. The van der Waals surface area contributed by atoms with Gasteiger partial charge in [-0.3, -0.25) is 9.59 Å². The molecule has 2 N–H and O–H groups in total. The number of hydrogen-bond acceptors (Lipinski definition) is 4. The molecule has 0 rings (SSSR count). The number of carbonyl (C=O) groups excluding carboxylic acids is 2. The van der Waals surface area contributed by atoms with Gasteiger partial charge < -0.3 is 10.5 Å². The molecule has 0 amide bonds. The summed E-state index contributed by atoms with van der Waals surface area (Å²) in [4.78, 5) is 22.3. The van der Waals surface area contributed by atoms with Crippen molar-refractivity contribution >= 4 is 11.8 Å². The third-order valence-corrected chi connectivity index (χ3v) is 1.70. The largest absolute Gasteiger partial charge is 0.465 e. The molecule has 0 aliphatic carbocycles. The minimum absolute atomic E-state index is 0.0910. The molecule has 14 heavy (non-hydrogen) atoms. The van der Waals surface area contributed by atoms with Crippen LogP contribution in [0.5, 0.6) is 0 Å². The first kappa shape index (κ1) is 13.1. The van der Waals surface area contributed by atoms with Gasteiger partial charge in [-0.05, 0) is 27.7 Å². The molecule has 4 nitrogen and oxygen atoms in total. The molecule has 82 valence electrons. The van der Waals surface area contributed by atoms with E-state index in [1.807, 2.05) is 0 Å². The van der Waals surface area contributed by atoms with Crippen LogP contribution in [0, 0.1) is 5.41 Å². The summed E-state index contributed by atoms with van der Waals surface area (Å²) in [7, 11) is 0.